The van der Waals surface area contributed by atoms with Crippen molar-refractivity contribution in [2.75, 3.05) is 0 Å². The Morgan fingerprint density at radius 2 is 1.45 bits per heavy atom. The summed E-state index contributed by atoms with van der Waals surface area (Å²) in [4.78, 5) is 25.4. The Labute approximate surface area is 121 Å². The molecule has 0 unspecified atom stereocenters. The maximum absolute atomic E-state index is 11.5. The van der Waals surface area contributed by atoms with Crippen LogP contribution in [0.2, 0.25) is 0 Å². The molecule has 0 saturated heterocycles. The Balaban J connectivity index is 2.03. The molecule has 1 N–H and O–H groups in total. The van der Waals surface area contributed by atoms with Gasteiger partial charge < -0.3 is 4.98 Å². The van der Waals surface area contributed by atoms with E-state index in [0.29, 0.717) is 6.54 Å². The zero-order chi connectivity index (χ0) is 14.6. The number of nitrogens with one attached hydrogen (secondary N) is 1. The molecule has 0 aliphatic rings. The third kappa shape index (κ3) is 6.73. The van der Waals surface area contributed by atoms with Crippen molar-refractivity contribution in [2.45, 2.75) is 77.7 Å². The summed E-state index contributed by atoms with van der Waals surface area (Å²) in [6, 6.07) is 1.40. The van der Waals surface area contributed by atoms with E-state index in [1.165, 1.54) is 68.2 Å². The van der Waals surface area contributed by atoms with Crippen molar-refractivity contribution in [3.05, 3.63) is 33.1 Å². The quantitative estimate of drug-likeness (QED) is 0.631. The van der Waals surface area contributed by atoms with E-state index >= 15 is 0 Å². The van der Waals surface area contributed by atoms with Crippen molar-refractivity contribution in [3.63, 3.8) is 0 Å². The van der Waals surface area contributed by atoms with E-state index in [-0.39, 0.29) is 11.2 Å². The Kier molecular flexibility index (Phi) is 8.76. The number of aromatic amines is 1. The summed E-state index contributed by atoms with van der Waals surface area (Å²) in [6.07, 6.45) is 13.9. The van der Waals surface area contributed by atoms with Crippen LogP contribution in [-0.2, 0) is 6.54 Å². The summed E-state index contributed by atoms with van der Waals surface area (Å²) >= 11 is 0. The molecule has 114 valence electrons. The smallest absolute Gasteiger partial charge is 0.314 e. The number of H-pyrrole nitrogens is 1. The average Bonchev–Trinajstić information content (AvgIpc) is 2.43. The lowest BCUT2D eigenvalue weighted by atomic mass is 10.1. The van der Waals surface area contributed by atoms with Gasteiger partial charge in [-0.25, -0.2) is 4.79 Å². The molecule has 0 radical (unpaired) electrons. The van der Waals surface area contributed by atoms with E-state index in [4.69, 9.17) is 0 Å². The fourth-order valence-electron chi connectivity index (χ4n) is 2.42. The van der Waals surface area contributed by atoms with E-state index in [2.05, 4.69) is 11.9 Å². The fraction of sp³-hybridized carbons (Fsp3) is 0.750. The van der Waals surface area contributed by atoms with Gasteiger partial charge in [0, 0.05) is 18.8 Å². The van der Waals surface area contributed by atoms with Gasteiger partial charge in [-0.05, 0) is 6.42 Å². The first-order valence-corrected chi connectivity index (χ1v) is 8.04. The van der Waals surface area contributed by atoms with Crippen LogP contribution in [0.25, 0.3) is 0 Å². The molecule has 1 rings (SSSR count). The highest BCUT2D eigenvalue weighted by Gasteiger charge is 1.99. The van der Waals surface area contributed by atoms with E-state index < -0.39 is 0 Å². The second-order valence-electron chi connectivity index (χ2n) is 5.45. The van der Waals surface area contributed by atoms with Crippen molar-refractivity contribution in [3.8, 4) is 0 Å². The molecule has 0 saturated carbocycles. The third-order valence-corrected chi connectivity index (χ3v) is 3.68. The van der Waals surface area contributed by atoms with Crippen LogP contribution in [-0.4, -0.2) is 9.55 Å². The molecule has 0 atom stereocenters. The molecule has 0 aliphatic carbocycles. The molecule has 0 spiro atoms. The van der Waals surface area contributed by atoms with Crippen molar-refractivity contribution in [1.82, 2.24) is 9.55 Å². The molecule has 0 fully saturated rings. The summed E-state index contributed by atoms with van der Waals surface area (Å²) in [5, 5.41) is 0. The first-order valence-electron chi connectivity index (χ1n) is 8.04. The second-order valence-corrected chi connectivity index (χ2v) is 5.45. The summed E-state index contributed by atoms with van der Waals surface area (Å²) in [7, 11) is 0. The van der Waals surface area contributed by atoms with Crippen LogP contribution in [0.5, 0.6) is 0 Å². The summed E-state index contributed by atoms with van der Waals surface area (Å²) in [6.45, 7) is 2.77. The number of aromatic nitrogens is 2. The number of hydrogen-bond donors (Lipinski definition) is 1. The number of nitrogens with zero attached hydrogens (tertiary/aromatic N) is 1. The van der Waals surface area contributed by atoms with Crippen LogP contribution in [0.4, 0.5) is 0 Å². The van der Waals surface area contributed by atoms with Crippen LogP contribution in [0, 0.1) is 0 Å². The third-order valence-electron chi connectivity index (χ3n) is 3.68. The van der Waals surface area contributed by atoms with Gasteiger partial charge in [-0.1, -0.05) is 64.7 Å². The molecule has 1 aromatic rings. The highest BCUT2D eigenvalue weighted by molar-refractivity contribution is 4.82. The SMILES string of the molecule is CCCCCCCCCCCCn1c(=O)cc[nH]c1=O. The molecular formula is C16H28N2O2. The monoisotopic (exact) mass is 280 g/mol. The van der Waals surface area contributed by atoms with Gasteiger partial charge >= 0.3 is 5.69 Å². The average molecular weight is 280 g/mol. The van der Waals surface area contributed by atoms with Crippen molar-refractivity contribution >= 4 is 0 Å². The lowest BCUT2D eigenvalue weighted by Gasteiger charge is -2.04. The molecule has 4 nitrogen and oxygen atoms in total. The molecule has 1 aromatic heterocycles. The van der Waals surface area contributed by atoms with Crippen LogP contribution >= 0.6 is 0 Å². The van der Waals surface area contributed by atoms with Gasteiger partial charge in [-0.2, -0.15) is 0 Å². The molecule has 0 amide bonds. The predicted molar refractivity (Wildman–Crippen MR) is 83.2 cm³/mol. The Morgan fingerprint density at radius 3 is 2.00 bits per heavy atom. The topological polar surface area (TPSA) is 54.9 Å². The van der Waals surface area contributed by atoms with Gasteiger partial charge in [-0.3, -0.25) is 9.36 Å². The van der Waals surface area contributed by atoms with Gasteiger partial charge in [0.15, 0.2) is 0 Å². The zero-order valence-corrected chi connectivity index (χ0v) is 12.7. The maximum Gasteiger partial charge on any atom is 0.328 e. The molecule has 1 heterocycles. The van der Waals surface area contributed by atoms with E-state index in [0.717, 1.165) is 12.8 Å². The lowest BCUT2D eigenvalue weighted by molar-refractivity contribution is 0.521. The van der Waals surface area contributed by atoms with Crippen LogP contribution in [0.15, 0.2) is 21.9 Å². The molecular weight excluding hydrogens is 252 g/mol. The Morgan fingerprint density at radius 1 is 0.900 bits per heavy atom. The second kappa shape index (κ2) is 10.5. The van der Waals surface area contributed by atoms with Crippen molar-refractivity contribution in [1.29, 1.82) is 0 Å². The number of unbranched alkanes of at least 4 members (excludes halogenated alkanes) is 9. The largest absolute Gasteiger partial charge is 0.328 e. The highest BCUT2D eigenvalue weighted by atomic mass is 16.2. The molecule has 0 aromatic carbocycles. The zero-order valence-electron chi connectivity index (χ0n) is 12.7. The molecule has 0 aliphatic heterocycles. The first kappa shape index (κ1) is 16.7. The maximum atomic E-state index is 11.5. The fourth-order valence-corrected chi connectivity index (χ4v) is 2.42. The molecule has 0 bridgehead atoms. The van der Waals surface area contributed by atoms with Crippen molar-refractivity contribution in [2.24, 2.45) is 0 Å². The minimum Gasteiger partial charge on any atom is -0.314 e. The van der Waals surface area contributed by atoms with E-state index in [1.54, 1.807) is 0 Å². The molecule has 4 heteroatoms. The Hall–Kier alpha value is -1.32. The first-order chi connectivity index (χ1) is 9.75. The minimum atomic E-state index is -0.298. The lowest BCUT2D eigenvalue weighted by Crippen LogP contribution is -2.33. The standard InChI is InChI=1S/C16H28N2O2/c1-2-3-4-5-6-7-8-9-10-11-14-18-15(19)12-13-17-16(18)20/h12-13H,2-11,14H2,1H3,(H,17,20). The normalized spacial score (nSPS) is 10.8. The van der Waals surface area contributed by atoms with Crippen LogP contribution < -0.4 is 11.2 Å². The van der Waals surface area contributed by atoms with E-state index in [9.17, 15) is 9.59 Å². The summed E-state index contributed by atoms with van der Waals surface area (Å²) < 4.78 is 1.28. The molecule has 20 heavy (non-hydrogen) atoms. The highest BCUT2D eigenvalue weighted by Crippen LogP contribution is 2.10. The predicted octanol–water partition coefficient (Wildman–Crippen LogP) is 3.46. The number of rotatable bonds is 11. The van der Waals surface area contributed by atoms with Crippen LogP contribution in [0.3, 0.4) is 0 Å². The number of hydrogen-bond acceptors (Lipinski definition) is 2. The Bertz CT molecular complexity index is 434. The van der Waals surface area contributed by atoms with Gasteiger partial charge in [0.05, 0.1) is 0 Å². The van der Waals surface area contributed by atoms with E-state index in [1.807, 2.05) is 0 Å². The van der Waals surface area contributed by atoms with Crippen molar-refractivity contribution < 1.29 is 0 Å². The summed E-state index contributed by atoms with van der Waals surface area (Å²) in [5.41, 5.74) is -0.502. The van der Waals surface area contributed by atoms with Gasteiger partial charge in [0.1, 0.15) is 0 Å². The van der Waals surface area contributed by atoms with Gasteiger partial charge in [-0.15, -0.1) is 0 Å². The van der Waals surface area contributed by atoms with Gasteiger partial charge in [0.2, 0.25) is 0 Å². The van der Waals surface area contributed by atoms with Crippen LogP contribution in [0.1, 0.15) is 71.1 Å². The minimum absolute atomic E-state index is 0.204. The summed E-state index contributed by atoms with van der Waals surface area (Å²) in [5.74, 6) is 0. The van der Waals surface area contributed by atoms with Gasteiger partial charge in [0.25, 0.3) is 5.56 Å².